The number of aromatic hydroxyl groups is 1. The summed E-state index contributed by atoms with van der Waals surface area (Å²) in [4.78, 5) is 0. The van der Waals surface area contributed by atoms with E-state index in [0.717, 1.165) is 31.2 Å². The van der Waals surface area contributed by atoms with E-state index >= 15 is 0 Å². The van der Waals surface area contributed by atoms with Crippen LogP contribution in [0, 0.1) is 0 Å². The van der Waals surface area contributed by atoms with Crippen molar-refractivity contribution in [1.29, 1.82) is 0 Å². The smallest absolute Gasteiger partial charge is 0.119 e. The van der Waals surface area contributed by atoms with E-state index in [4.69, 9.17) is 5.11 Å². The zero-order valence-corrected chi connectivity index (χ0v) is 9.00. The van der Waals surface area contributed by atoms with Gasteiger partial charge >= 0.3 is 0 Å². The van der Waals surface area contributed by atoms with Crippen molar-refractivity contribution < 1.29 is 10.2 Å². The molecule has 15 heavy (non-hydrogen) atoms. The van der Waals surface area contributed by atoms with Gasteiger partial charge in [-0.1, -0.05) is 6.07 Å². The highest BCUT2D eigenvalue weighted by molar-refractivity contribution is 5.43. The number of phenols is 1. The van der Waals surface area contributed by atoms with E-state index in [1.54, 1.807) is 0 Å². The van der Waals surface area contributed by atoms with Crippen LogP contribution >= 0.6 is 0 Å². The Kier molecular flexibility index (Phi) is 3.27. The molecule has 2 rings (SSSR count). The first-order valence-electron chi connectivity index (χ1n) is 5.76. The summed E-state index contributed by atoms with van der Waals surface area (Å²) in [5.41, 5.74) is 3.70. The Hall–Kier alpha value is -1.02. The maximum Gasteiger partial charge on any atom is 0.119 e. The summed E-state index contributed by atoms with van der Waals surface area (Å²) in [5.74, 6) is 0.407. The first-order chi connectivity index (χ1) is 7.31. The Labute approximate surface area is 90.6 Å². The molecule has 2 heteroatoms. The number of hydrogen-bond donors (Lipinski definition) is 2. The molecule has 0 saturated heterocycles. The number of aryl methyl sites for hydroxylation is 3. The lowest BCUT2D eigenvalue weighted by atomic mass is 9.89. The zero-order chi connectivity index (χ0) is 10.7. The second-order valence-electron chi connectivity index (χ2n) is 4.28. The van der Waals surface area contributed by atoms with Crippen molar-refractivity contribution in [2.24, 2.45) is 0 Å². The van der Waals surface area contributed by atoms with Gasteiger partial charge in [-0.05, 0) is 61.3 Å². The first-order valence-corrected chi connectivity index (χ1v) is 5.76. The molecule has 0 saturated carbocycles. The van der Waals surface area contributed by atoms with Crippen LogP contribution in [0.25, 0.3) is 0 Å². The average Bonchev–Trinajstić information content (AvgIpc) is 2.26. The molecule has 0 aromatic heterocycles. The summed E-state index contributed by atoms with van der Waals surface area (Å²) in [6.45, 7) is 0.191. The Bertz CT molecular complexity index is 345. The third kappa shape index (κ3) is 2.32. The maximum atomic E-state index is 9.81. The molecule has 1 aromatic carbocycles. The predicted octanol–water partition coefficient (Wildman–Crippen LogP) is 2.20. The first kappa shape index (κ1) is 10.5. The fourth-order valence-electron chi connectivity index (χ4n) is 2.29. The van der Waals surface area contributed by atoms with Gasteiger partial charge in [-0.25, -0.2) is 0 Å². The number of fused-ring (bicyclic) bond motifs is 1. The molecule has 0 aliphatic heterocycles. The van der Waals surface area contributed by atoms with Crippen LogP contribution in [0.4, 0.5) is 0 Å². The molecule has 2 N–H and O–H groups in total. The SMILES string of the molecule is OCCCc1cc2c(cc1O)CCCC2. The van der Waals surface area contributed by atoms with Crippen molar-refractivity contribution in [3.05, 3.63) is 28.8 Å². The molecule has 1 aliphatic carbocycles. The summed E-state index contributed by atoms with van der Waals surface area (Å²) < 4.78 is 0. The molecule has 0 fully saturated rings. The number of rotatable bonds is 3. The van der Waals surface area contributed by atoms with Gasteiger partial charge in [0.2, 0.25) is 0 Å². The third-order valence-corrected chi connectivity index (χ3v) is 3.15. The molecule has 1 aromatic rings. The van der Waals surface area contributed by atoms with Crippen molar-refractivity contribution in [3.63, 3.8) is 0 Å². The minimum atomic E-state index is 0.191. The van der Waals surface area contributed by atoms with Gasteiger partial charge in [0.05, 0.1) is 0 Å². The van der Waals surface area contributed by atoms with E-state index in [1.807, 2.05) is 6.07 Å². The number of aliphatic hydroxyl groups excluding tert-OH is 1. The molecular formula is C13H18O2. The van der Waals surface area contributed by atoms with Gasteiger partial charge in [-0.15, -0.1) is 0 Å². The summed E-state index contributed by atoms with van der Waals surface area (Å²) in [5, 5.41) is 18.6. The van der Waals surface area contributed by atoms with Crippen molar-refractivity contribution in [2.75, 3.05) is 6.61 Å². The molecule has 0 atom stereocenters. The minimum absolute atomic E-state index is 0.191. The van der Waals surface area contributed by atoms with Gasteiger partial charge in [0.15, 0.2) is 0 Å². The zero-order valence-electron chi connectivity index (χ0n) is 9.00. The van der Waals surface area contributed by atoms with Crippen molar-refractivity contribution in [2.45, 2.75) is 38.5 Å². The van der Waals surface area contributed by atoms with E-state index in [-0.39, 0.29) is 6.61 Å². The van der Waals surface area contributed by atoms with Crippen LogP contribution in [-0.2, 0) is 19.3 Å². The van der Waals surface area contributed by atoms with Gasteiger partial charge in [0.1, 0.15) is 5.75 Å². The molecule has 0 amide bonds. The lowest BCUT2D eigenvalue weighted by Crippen LogP contribution is -2.04. The highest BCUT2D eigenvalue weighted by atomic mass is 16.3. The lowest BCUT2D eigenvalue weighted by Gasteiger charge is -2.17. The normalized spacial score (nSPS) is 15.0. The quantitative estimate of drug-likeness (QED) is 0.796. The van der Waals surface area contributed by atoms with Crippen molar-refractivity contribution >= 4 is 0 Å². The van der Waals surface area contributed by atoms with Crippen molar-refractivity contribution in [3.8, 4) is 5.75 Å². The van der Waals surface area contributed by atoms with Crippen LogP contribution in [0.5, 0.6) is 5.75 Å². The number of aliphatic hydroxyl groups is 1. The molecular weight excluding hydrogens is 188 g/mol. The summed E-state index contributed by atoms with van der Waals surface area (Å²) >= 11 is 0. The topological polar surface area (TPSA) is 40.5 Å². The molecule has 0 unspecified atom stereocenters. The van der Waals surface area contributed by atoms with Gasteiger partial charge in [-0.2, -0.15) is 0 Å². The largest absolute Gasteiger partial charge is 0.508 e. The van der Waals surface area contributed by atoms with Crippen LogP contribution in [0.3, 0.4) is 0 Å². The summed E-state index contributed by atoms with van der Waals surface area (Å²) in [6, 6.07) is 4.04. The van der Waals surface area contributed by atoms with E-state index in [9.17, 15) is 5.11 Å². The lowest BCUT2D eigenvalue weighted by molar-refractivity contribution is 0.288. The van der Waals surface area contributed by atoms with Crippen molar-refractivity contribution in [1.82, 2.24) is 0 Å². The van der Waals surface area contributed by atoms with Crippen LogP contribution in [0.1, 0.15) is 36.0 Å². The standard InChI is InChI=1S/C13H18O2/c14-7-3-6-12-8-10-4-1-2-5-11(10)9-13(12)15/h8-9,14-15H,1-7H2. The highest BCUT2D eigenvalue weighted by Crippen LogP contribution is 2.29. The molecule has 0 heterocycles. The molecule has 0 spiro atoms. The maximum absolute atomic E-state index is 9.81. The van der Waals surface area contributed by atoms with E-state index in [0.29, 0.717) is 5.75 Å². The Balaban J connectivity index is 2.24. The third-order valence-electron chi connectivity index (χ3n) is 3.15. The van der Waals surface area contributed by atoms with E-state index in [1.165, 1.54) is 24.0 Å². The Morgan fingerprint density at radius 3 is 2.40 bits per heavy atom. The van der Waals surface area contributed by atoms with Gasteiger partial charge < -0.3 is 10.2 Å². The fourth-order valence-corrected chi connectivity index (χ4v) is 2.29. The monoisotopic (exact) mass is 206 g/mol. The van der Waals surface area contributed by atoms with Gasteiger partial charge in [0.25, 0.3) is 0 Å². The molecule has 0 radical (unpaired) electrons. The van der Waals surface area contributed by atoms with Crippen LogP contribution in [0.2, 0.25) is 0 Å². The van der Waals surface area contributed by atoms with Gasteiger partial charge in [-0.3, -0.25) is 0 Å². The predicted molar refractivity (Wildman–Crippen MR) is 60.2 cm³/mol. The Morgan fingerprint density at radius 2 is 1.73 bits per heavy atom. The summed E-state index contributed by atoms with van der Waals surface area (Å²) in [7, 11) is 0. The molecule has 82 valence electrons. The second-order valence-corrected chi connectivity index (χ2v) is 4.28. The average molecular weight is 206 g/mol. The second kappa shape index (κ2) is 4.67. The fraction of sp³-hybridized carbons (Fsp3) is 0.538. The van der Waals surface area contributed by atoms with E-state index < -0.39 is 0 Å². The number of phenolic OH excluding ortho intramolecular Hbond substituents is 1. The Morgan fingerprint density at radius 1 is 1.07 bits per heavy atom. The highest BCUT2D eigenvalue weighted by Gasteiger charge is 2.12. The van der Waals surface area contributed by atoms with Crippen LogP contribution in [0.15, 0.2) is 12.1 Å². The molecule has 0 bridgehead atoms. The van der Waals surface area contributed by atoms with E-state index in [2.05, 4.69) is 6.07 Å². The van der Waals surface area contributed by atoms with Crippen LogP contribution in [-0.4, -0.2) is 16.8 Å². The minimum Gasteiger partial charge on any atom is -0.508 e. The molecule has 2 nitrogen and oxygen atoms in total. The van der Waals surface area contributed by atoms with Crippen LogP contribution < -0.4 is 0 Å². The number of hydrogen-bond acceptors (Lipinski definition) is 2. The number of benzene rings is 1. The van der Waals surface area contributed by atoms with Gasteiger partial charge in [0, 0.05) is 6.61 Å². The molecule has 1 aliphatic rings. The summed E-state index contributed by atoms with van der Waals surface area (Å²) in [6.07, 6.45) is 6.24.